The van der Waals surface area contributed by atoms with E-state index in [0.717, 1.165) is 18.9 Å². The van der Waals surface area contributed by atoms with Crippen molar-refractivity contribution in [3.63, 3.8) is 0 Å². The minimum absolute atomic E-state index is 0.122. The van der Waals surface area contributed by atoms with Crippen LogP contribution in [0, 0.1) is 0 Å². The Kier molecular flexibility index (Phi) is 5.66. The molecule has 168 valence electrons. The van der Waals surface area contributed by atoms with Crippen LogP contribution >= 0.6 is 0 Å². The quantitative estimate of drug-likeness (QED) is 0.498. The van der Waals surface area contributed by atoms with E-state index < -0.39 is 12.3 Å². The van der Waals surface area contributed by atoms with E-state index in [-0.39, 0.29) is 11.3 Å². The van der Waals surface area contributed by atoms with Gasteiger partial charge in [-0.05, 0) is 18.2 Å². The Labute approximate surface area is 187 Å². The van der Waals surface area contributed by atoms with Crippen molar-refractivity contribution in [2.24, 2.45) is 0 Å². The van der Waals surface area contributed by atoms with E-state index in [2.05, 4.69) is 25.3 Å². The molecule has 33 heavy (non-hydrogen) atoms. The number of nitrogens with one attached hydrogen (secondary N) is 1. The maximum atomic E-state index is 13.5. The first-order valence-corrected chi connectivity index (χ1v) is 10.4. The summed E-state index contributed by atoms with van der Waals surface area (Å²) in [7, 11) is 0. The van der Waals surface area contributed by atoms with Gasteiger partial charge in [-0.1, -0.05) is 24.3 Å². The predicted octanol–water partition coefficient (Wildman–Crippen LogP) is 3.82. The zero-order valence-corrected chi connectivity index (χ0v) is 17.5. The molecule has 5 rings (SSSR count). The van der Waals surface area contributed by atoms with Gasteiger partial charge in [-0.15, -0.1) is 0 Å². The molecular weight excluding hydrogens is 430 g/mol. The summed E-state index contributed by atoms with van der Waals surface area (Å²) in [5.41, 5.74) is 1.70. The number of alkyl halides is 2. The molecule has 4 heterocycles. The Morgan fingerprint density at radius 3 is 2.70 bits per heavy atom. The summed E-state index contributed by atoms with van der Waals surface area (Å²) in [6.07, 6.45) is 0.397. The van der Waals surface area contributed by atoms with Gasteiger partial charge in [0.2, 0.25) is 0 Å². The number of benzene rings is 1. The Bertz CT molecular complexity index is 1300. The Balaban J connectivity index is 1.44. The molecule has 4 aromatic rings. The number of pyridine rings is 1. The fraction of sp³-hybridized carbons (Fsp3) is 0.217. The maximum Gasteiger partial charge on any atom is 0.276 e. The SMILES string of the molecule is O=C(Nc1ccnc(N2CCOCC2)c1)c1cnc2ccc(-c3ccccc3C(F)F)nn12. The molecule has 1 aliphatic rings. The molecule has 1 amide bonds. The molecule has 3 aromatic heterocycles. The topological polar surface area (TPSA) is 84.7 Å². The summed E-state index contributed by atoms with van der Waals surface area (Å²) < 4.78 is 33.6. The molecule has 1 N–H and O–H groups in total. The number of morpholine rings is 1. The first-order chi connectivity index (χ1) is 16.1. The molecule has 1 aliphatic heterocycles. The van der Waals surface area contributed by atoms with Crippen molar-refractivity contribution >= 4 is 23.1 Å². The van der Waals surface area contributed by atoms with Gasteiger partial charge in [-0.25, -0.2) is 23.3 Å². The minimum atomic E-state index is -2.64. The number of ether oxygens (including phenoxy) is 1. The van der Waals surface area contributed by atoms with E-state index in [1.54, 1.807) is 48.7 Å². The monoisotopic (exact) mass is 450 g/mol. The highest BCUT2D eigenvalue weighted by Crippen LogP contribution is 2.30. The van der Waals surface area contributed by atoms with Crippen LogP contribution in [0.2, 0.25) is 0 Å². The summed E-state index contributed by atoms with van der Waals surface area (Å²) in [6, 6.07) is 12.9. The molecule has 1 aromatic carbocycles. The molecule has 10 heteroatoms. The highest BCUT2D eigenvalue weighted by molar-refractivity contribution is 6.03. The summed E-state index contributed by atoms with van der Waals surface area (Å²) >= 11 is 0. The predicted molar refractivity (Wildman–Crippen MR) is 119 cm³/mol. The minimum Gasteiger partial charge on any atom is -0.378 e. The third-order valence-electron chi connectivity index (χ3n) is 5.41. The van der Waals surface area contributed by atoms with Crippen LogP contribution in [-0.2, 0) is 4.74 Å². The van der Waals surface area contributed by atoms with E-state index in [4.69, 9.17) is 4.74 Å². The number of halogens is 2. The number of aromatic nitrogens is 4. The third-order valence-corrected chi connectivity index (χ3v) is 5.41. The first kappa shape index (κ1) is 21.0. The van der Waals surface area contributed by atoms with Crippen molar-refractivity contribution in [2.45, 2.75) is 6.43 Å². The van der Waals surface area contributed by atoms with Crippen molar-refractivity contribution in [3.05, 3.63) is 72.2 Å². The van der Waals surface area contributed by atoms with Crippen LogP contribution in [0.15, 0.2) is 60.9 Å². The summed E-state index contributed by atoms with van der Waals surface area (Å²) in [5, 5.41) is 7.27. The van der Waals surface area contributed by atoms with Gasteiger partial charge in [0.1, 0.15) is 5.82 Å². The van der Waals surface area contributed by atoms with Crippen LogP contribution in [0.5, 0.6) is 0 Å². The van der Waals surface area contributed by atoms with Crippen LogP contribution in [0.25, 0.3) is 16.9 Å². The van der Waals surface area contributed by atoms with Gasteiger partial charge < -0.3 is 15.0 Å². The number of hydrogen-bond acceptors (Lipinski definition) is 6. The van der Waals surface area contributed by atoms with E-state index in [9.17, 15) is 13.6 Å². The molecule has 0 spiro atoms. The van der Waals surface area contributed by atoms with Crippen LogP contribution in [-0.4, -0.2) is 51.8 Å². The number of amides is 1. The zero-order chi connectivity index (χ0) is 22.8. The number of hydrogen-bond donors (Lipinski definition) is 1. The van der Waals surface area contributed by atoms with Crippen LogP contribution < -0.4 is 10.2 Å². The van der Waals surface area contributed by atoms with Crippen molar-refractivity contribution in [1.82, 2.24) is 19.6 Å². The number of carbonyl (C=O) groups excluding carboxylic acids is 1. The third kappa shape index (κ3) is 4.24. The van der Waals surface area contributed by atoms with Gasteiger partial charge in [0.15, 0.2) is 11.3 Å². The summed E-state index contributed by atoms with van der Waals surface area (Å²) in [4.78, 5) is 23.7. The van der Waals surface area contributed by atoms with Gasteiger partial charge in [-0.3, -0.25) is 4.79 Å². The van der Waals surface area contributed by atoms with E-state index in [1.807, 2.05) is 0 Å². The lowest BCUT2D eigenvalue weighted by atomic mass is 10.0. The van der Waals surface area contributed by atoms with E-state index in [1.165, 1.54) is 16.8 Å². The fourth-order valence-electron chi connectivity index (χ4n) is 3.75. The molecule has 8 nitrogen and oxygen atoms in total. The van der Waals surface area contributed by atoms with Crippen molar-refractivity contribution in [3.8, 4) is 11.3 Å². The smallest absolute Gasteiger partial charge is 0.276 e. The first-order valence-electron chi connectivity index (χ1n) is 10.4. The molecule has 0 radical (unpaired) electrons. The zero-order valence-electron chi connectivity index (χ0n) is 17.5. The standard InChI is InChI=1S/C23H20F2N6O2/c24-22(25)17-4-2-1-3-16(17)18-5-6-20-27-14-19(31(20)29-18)23(32)28-15-7-8-26-21(13-15)30-9-11-33-12-10-30/h1-8,13-14,22H,9-12H2,(H,26,28,32). The second-order valence-electron chi connectivity index (χ2n) is 7.48. The van der Waals surface area contributed by atoms with Gasteiger partial charge in [0.25, 0.3) is 12.3 Å². The van der Waals surface area contributed by atoms with Crippen LogP contribution in [0.4, 0.5) is 20.3 Å². The largest absolute Gasteiger partial charge is 0.378 e. The lowest BCUT2D eigenvalue weighted by molar-refractivity contribution is 0.102. The Morgan fingerprint density at radius 1 is 1.06 bits per heavy atom. The molecule has 0 aliphatic carbocycles. The highest BCUT2D eigenvalue weighted by atomic mass is 19.3. The number of anilines is 2. The number of rotatable bonds is 5. The number of imidazole rings is 1. The Hall–Kier alpha value is -3.92. The normalized spacial score (nSPS) is 14.1. The molecule has 1 fully saturated rings. The molecular formula is C23H20F2N6O2. The molecule has 1 saturated heterocycles. The number of nitrogens with zero attached hydrogens (tertiary/aromatic N) is 5. The lowest BCUT2D eigenvalue weighted by Crippen LogP contribution is -2.36. The van der Waals surface area contributed by atoms with E-state index >= 15 is 0 Å². The van der Waals surface area contributed by atoms with Crippen LogP contribution in [0.3, 0.4) is 0 Å². The second-order valence-corrected chi connectivity index (χ2v) is 7.48. The van der Waals surface area contributed by atoms with Gasteiger partial charge in [0.05, 0.1) is 25.1 Å². The maximum absolute atomic E-state index is 13.5. The second kappa shape index (κ2) is 8.91. The molecule has 0 saturated carbocycles. The average Bonchev–Trinajstić information content (AvgIpc) is 3.28. The summed E-state index contributed by atoms with van der Waals surface area (Å²) in [6.45, 7) is 2.71. The Morgan fingerprint density at radius 2 is 1.88 bits per heavy atom. The van der Waals surface area contributed by atoms with E-state index in [0.29, 0.717) is 35.8 Å². The fourth-order valence-corrected chi connectivity index (χ4v) is 3.75. The van der Waals surface area contributed by atoms with Crippen LogP contribution in [0.1, 0.15) is 22.5 Å². The van der Waals surface area contributed by atoms with Gasteiger partial charge in [-0.2, -0.15) is 5.10 Å². The highest BCUT2D eigenvalue weighted by Gasteiger charge is 2.19. The van der Waals surface area contributed by atoms with Crippen molar-refractivity contribution in [1.29, 1.82) is 0 Å². The van der Waals surface area contributed by atoms with Gasteiger partial charge in [0, 0.05) is 42.2 Å². The summed E-state index contributed by atoms with van der Waals surface area (Å²) in [5.74, 6) is 0.326. The molecule has 0 unspecified atom stereocenters. The number of carbonyl (C=O) groups is 1. The lowest BCUT2D eigenvalue weighted by Gasteiger charge is -2.27. The number of fused-ring (bicyclic) bond motifs is 1. The van der Waals surface area contributed by atoms with Gasteiger partial charge >= 0.3 is 0 Å². The average molecular weight is 450 g/mol. The molecule has 0 bridgehead atoms. The molecule has 0 atom stereocenters. The van der Waals surface area contributed by atoms with Crippen molar-refractivity contribution in [2.75, 3.05) is 36.5 Å². The van der Waals surface area contributed by atoms with Crippen molar-refractivity contribution < 1.29 is 18.3 Å².